The van der Waals surface area contributed by atoms with Gasteiger partial charge in [0.25, 0.3) is 5.56 Å². The summed E-state index contributed by atoms with van der Waals surface area (Å²) in [7, 11) is 1.51. The predicted octanol–water partition coefficient (Wildman–Crippen LogP) is 2.31. The minimum absolute atomic E-state index is 0.0581. The maximum absolute atomic E-state index is 13.9. The van der Waals surface area contributed by atoms with Crippen molar-refractivity contribution in [1.82, 2.24) is 14.5 Å². The Hall–Kier alpha value is -3.11. The smallest absolute Gasteiger partial charge is 0.294 e. The molecule has 0 amide bonds. The van der Waals surface area contributed by atoms with E-state index in [0.717, 1.165) is 12.1 Å². The Balaban J connectivity index is 1.64. The summed E-state index contributed by atoms with van der Waals surface area (Å²) in [6.07, 6.45) is 1.76. The van der Waals surface area contributed by atoms with Gasteiger partial charge >= 0.3 is 0 Å². The number of aliphatic hydroxyl groups is 1. The quantitative estimate of drug-likeness (QED) is 0.689. The van der Waals surface area contributed by atoms with Crippen LogP contribution in [-0.4, -0.2) is 38.6 Å². The Labute approximate surface area is 163 Å². The summed E-state index contributed by atoms with van der Waals surface area (Å²) < 4.78 is 38.6. The third-order valence-corrected chi connectivity index (χ3v) is 4.63. The molecule has 2 atom stereocenters. The summed E-state index contributed by atoms with van der Waals surface area (Å²) >= 11 is 0. The molecule has 2 aromatic heterocycles. The highest BCUT2D eigenvalue weighted by molar-refractivity contribution is 5.76. The van der Waals surface area contributed by atoms with Crippen molar-refractivity contribution < 1.29 is 23.4 Å². The number of aryl methyl sites for hydroxylation is 1. The van der Waals surface area contributed by atoms with Crippen LogP contribution in [0.25, 0.3) is 11.0 Å². The van der Waals surface area contributed by atoms with E-state index >= 15 is 0 Å². The van der Waals surface area contributed by atoms with Crippen LogP contribution in [0.3, 0.4) is 0 Å². The van der Waals surface area contributed by atoms with Crippen LogP contribution in [-0.2, 0) is 11.8 Å². The first-order valence-electron chi connectivity index (χ1n) is 8.96. The number of nitrogens with one attached hydrogen (secondary N) is 1. The number of nitrogens with zero attached hydrogens (tertiary/aromatic N) is 3. The summed E-state index contributed by atoms with van der Waals surface area (Å²) in [5, 5.41) is 13.2. The molecule has 1 saturated heterocycles. The largest absolute Gasteiger partial charge is 0.448 e. The number of anilines is 1. The third kappa shape index (κ3) is 4.03. The summed E-state index contributed by atoms with van der Waals surface area (Å²) in [5.74, 6) is -1.75. The number of aromatic nitrogens is 3. The van der Waals surface area contributed by atoms with Gasteiger partial charge in [-0.2, -0.15) is 4.98 Å². The molecule has 3 heterocycles. The highest BCUT2D eigenvalue weighted by Gasteiger charge is 2.21. The zero-order chi connectivity index (χ0) is 20.5. The summed E-state index contributed by atoms with van der Waals surface area (Å²) in [6, 6.07) is 4.17. The second kappa shape index (κ2) is 7.72. The molecule has 2 unspecified atom stereocenters. The van der Waals surface area contributed by atoms with Gasteiger partial charge in [-0.25, -0.2) is 13.8 Å². The van der Waals surface area contributed by atoms with Crippen molar-refractivity contribution in [2.45, 2.75) is 25.2 Å². The molecule has 29 heavy (non-hydrogen) atoms. The Kier molecular flexibility index (Phi) is 5.12. The van der Waals surface area contributed by atoms with Crippen molar-refractivity contribution in [3.63, 3.8) is 0 Å². The fourth-order valence-electron chi connectivity index (χ4n) is 3.13. The number of pyridine rings is 1. The molecular weight excluding hydrogens is 386 g/mol. The third-order valence-electron chi connectivity index (χ3n) is 4.63. The Bertz CT molecular complexity index is 1120. The van der Waals surface area contributed by atoms with E-state index in [4.69, 9.17) is 9.47 Å². The van der Waals surface area contributed by atoms with Crippen LogP contribution in [0.15, 0.2) is 35.3 Å². The molecule has 0 aliphatic carbocycles. The molecule has 152 valence electrons. The topological polar surface area (TPSA) is 98.5 Å². The monoisotopic (exact) mass is 404 g/mol. The van der Waals surface area contributed by atoms with Crippen LogP contribution in [0.4, 0.5) is 14.7 Å². The second-order valence-electron chi connectivity index (χ2n) is 6.71. The fraction of sp³-hybridized carbons (Fsp3) is 0.316. The maximum Gasteiger partial charge on any atom is 0.294 e. The van der Waals surface area contributed by atoms with Crippen molar-refractivity contribution in [2.24, 2.45) is 7.05 Å². The molecule has 0 radical (unpaired) electrons. The number of ether oxygens (including phenoxy) is 2. The fourth-order valence-corrected chi connectivity index (χ4v) is 3.13. The number of fused-ring (bicyclic) bond motifs is 1. The Morgan fingerprint density at radius 2 is 2.14 bits per heavy atom. The van der Waals surface area contributed by atoms with Gasteiger partial charge < -0.3 is 19.9 Å². The standard InChI is InChI=1S/C19H18F2N4O4/c1-25-17-10(9-22-19(24-17)23-12-4-5-28-16(26)8-12)6-15(18(25)27)29-14-3-2-11(20)7-13(14)21/h2-3,6-7,9,12,16,26H,4-5,8H2,1H3,(H,22,23,24). The molecule has 4 rings (SSSR count). The van der Waals surface area contributed by atoms with E-state index < -0.39 is 23.5 Å². The van der Waals surface area contributed by atoms with Gasteiger partial charge in [0, 0.05) is 37.2 Å². The van der Waals surface area contributed by atoms with Gasteiger partial charge in [-0.05, 0) is 24.6 Å². The van der Waals surface area contributed by atoms with Gasteiger partial charge in [0.1, 0.15) is 11.5 Å². The van der Waals surface area contributed by atoms with Crippen molar-refractivity contribution in [2.75, 3.05) is 11.9 Å². The van der Waals surface area contributed by atoms with E-state index in [1.54, 1.807) is 0 Å². The molecule has 0 spiro atoms. The number of hydrogen-bond acceptors (Lipinski definition) is 7. The first-order chi connectivity index (χ1) is 13.9. The van der Waals surface area contributed by atoms with Crippen molar-refractivity contribution in [3.05, 3.63) is 52.5 Å². The van der Waals surface area contributed by atoms with Crippen LogP contribution in [0, 0.1) is 11.6 Å². The van der Waals surface area contributed by atoms with Crippen LogP contribution in [0.5, 0.6) is 11.5 Å². The van der Waals surface area contributed by atoms with E-state index in [9.17, 15) is 18.7 Å². The molecule has 1 aliphatic heterocycles. The van der Waals surface area contributed by atoms with Gasteiger partial charge in [-0.15, -0.1) is 0 Å². The second-order valence-corrected chi connectivity index (χ2v) is 6.71. The maximum atomic E-state index is 13.9. The number of halogens is 2. The Morgan fingerprint density at radius 3 is 2.90 bits per heavy atom. The molecule has 1 fully saturated rings. The van der Waals surface area contributed by atoms with Gasteiger partial charge in [0.15, 0.2) is 23.6 Å². The first-order valence-corrected chi connectivity index (χ1v) is 8.96. The average molecular weight is 404 g/mol. The van der Waals surface area contributed by atoms with E-state index in [-0.39, 0.29) is 17.5 Å². The van der Waals surface area contributed by atoms with Crippen LogP contribution < -0.4 is 15.6 Å². The lowest BCUT2D eigenvalue weighted by Crippen LogP contribution is -2.34. The number of rotatable bonds is 4. The molecule has 0 bridgehead atoms. The zero-order valence-electron chi connectivity index (χ0n) is 15.4. The molecule has 1 aliphatic rings. The van der Waals surface area contributed by atoms with Crippen molar-refractivity contribution in [1.29, 1.82) is 0 Å². The lowest BCUT2D eigenvalue weighted by molar-refractivity contribution is -0.126. The molecule has 8 nitrogen and oxygen atoms in total. The summed E-state index contributed by atoms with van der Waals surface area (Å²) in [5.41, 5.74) is -0.181. The van der Waals surface area contributed by atoms with Crippen LogP contribution >= 0.6 is 0 Å². The molecular formula is C19H18F2N4O4. The molecule has 3 aromatic rings. The molecule has 0 saturated carbocycles. The molecule has 10 heteroatoms. The van der Waals surface area contributed by atoms with Crippen LogP contribution in [0.2, 0.25) is 0 Å². The van der Waals surface area contributed by atoms with Gasteiger partial charge in [0.2, 0.25) is 5.95 Å². The highest BCUT2D eigenvalue weighted by Crippen LogP contribution is 2.25. The highest BCUT2D eigenvalue weighted by atomic mass is 19.1. The lowest BCUT2D eigenvalue weighted by Gasteiger charge is -2.26. The van der Waals surface area contributed by atoms with Gasteiger partial charge in [-0.3, -0.25) is 9.36 Å². The average Bonchev–Trinajstić information content (AvgIpc) is 2.68. The van der Waals surface area contributed by atoms with Gasteiger partial charge in [0.05, 0.1) is 6.61 Å². The minimum atomic E-state index is -0.915. The Morgan fingerprint density at radius 1 is 1.31 bits per heavy atom. The van der Waals surface area contributed by atoms with Crippen molar-refractivity contribution in [3.8, 4) is 11.5 Å². The molecule has 1 aromatic carbocycles. The SMILES string of the molecule is Cn1c(=O)c(Oc2ccc(F)cc2F)cc2cnc(NC3CCOC(O)C3)nc21. The number of aliphatic hydroxyl groups excluding tert-OH is 1. The number of hydrogen-bond donors (Lipinski definition) is 2. The molecule has 2 N–H and O–H groups in total. The normalized spacial score (nSPS) is 19.3. The lowest BCUT2D eigenvalue weighted by atomic mass is 10.1. The predicted molar refractivity (Wildman–Crippen MR) is 99.8 cm³/mol. The minimum Gasteiger partial charge on any atom is -0.448 e. The van der Waals surface area contributed by atoms with E-state index in [1.807, 2.05) is 0 Å². The number of benzene rings is 1. The first kappa shape index (κ1) is 19.2. The summed E-state index contributed by atoms with van der Waals surface area (Å²) in [4.78, 5) is 21.2. The summed E-state index contributed by atoms with van der Waals surface area (Å²) in [6.45, 7) is 0.422. The van der Waals surface area contributed by atoms with Crippen LogP contribution in [0.1, 0.15) is 12.8 Å². The van der Waals surface area contributed by atoms with E-state index in [0.29, 0.717) is 42.5 Å². The van der Waals surface area contributed by atoms with E-state index in [1.165, 1.54) is 23.9 Å². The van der Waals surface area contributed by atoms with E-state index in [2.05, 4.69) is 15.3 Å². The van der Waals surface area contributed by atoms with Gasteiger partial charge in [-0.1, -0.05) is 0 Å². The van der Waals surface area contributed by atoms with Crippen molar-refractivity contribution >= 4 is 17.0 Å². The zero-order valence-corrected chi connectivity index (χ0v) is 15.4.